The highest BCUT2D eigenvalue weighted by Crippen LogP contribution is 2.34. The van der Waals surface area contributed by atoms with Crippen LogP contribution in [0.3, 0.4) is 0 Å². The van der Waals surface area contributed by atoms with Crippen molar-refractivity contribution in [3.05, 3.63) is 34.9 Å². The van der Waals surface area contributed by atoms with E-state index in [1.54, 1.807) is 6.07 Å². The fourth-order valence-electron chi connectivity index (χ4n) is 1.76. The molecule has 1 aromatic rings. The molecule has 2 nitrogen and oxygen atoms in total. The van der Waals surface area contributed by atoms with Crippen LogP contribution in [0.5, 0.6) is 0 Å². The molecule has 3 heteroatoms. The number of halogens is 1. The van der Waals surface area contributed by atoms with Gasteiger partial charge in [0.05, 0.1) is 12.2 Å². The van der Waals surface area contributed by atoms with Gasteiger partial charge < -0.3 is 10.2 Å². The van der Waals surface area contributed by atoms with Crippen LogP contribution in [0.15, 0.2) is 24.3 Å². The maximum atomic E-state index is 9.80. The summed E-state index contributed by atoms with van der Waals surface area (Å²) in [6.07, 6.45) is 1.19. The minimum absolute atomic E-state index is 0.294. The summed E-state index contributed by atoms with van der Waals surface area (Å²) in [5, 5.41) is 20.2. The summed E-state index contributed by atoms with van der Waals surface area (Å²) in [5.41, 5.74) is 0.895. The lowest BCUT2D eigenvalue weighted by Gasteiger charge is -2.17. The van der Waals surface area contributed by atoms with Crippen LogP contribution in [0.2, 0.25) is 5.02 Å². The molecule has 2 atom stereocenters. The van der Waals surface area contributed by atoms with Gasteiger partial charge in [-0.15, -0.1) is 0 Å². The van der Waals surface area contributed by atoms with E-state index in [2.05, 4.69) is 0 Å². The predicted octanol–water partition coefficient (Wildman–Crippen LogP) is 2.01. The zero-order chi connectivity index (χ0) is 10.8. The third kappa shape index (κ3) is 2.71. The molecule has 0 bridgehead atoms. The number of benzene rings is 1. The lowest BCUT2D eigenvalue weighted by atomic mass is 10.0. The minimum atomic E-state index is -0.697. The first-order chi connectivity index (χ1) is 7.18. The van der Waals surface area contributed by atoms with Crippen molar-refractivity contribution in [3.8, 4) is 0 Å². The number of hydrogen-bond donors (Lipinski definition) is 2. The van der Waals surface area contributed by atoms with E-state index < -0.39 is 12.2 Å². The van der Waals surface area contributed by atoms with E-state index in [1.165, 1.54) is 0 Å². The second kappa shape index (κ2) is 4.52. The summed E-state index contributed by atoms with van der Waals surface area (Å²) in [7, 11) is 0. The van der Waals surface area contributed by atoms with Crippen LogP contribution in [0.4, 0.5) is 0 Å². The van der Waals surface area contributed by atoms with Crippen molar-refractivity contribution < 1.29 is 10.2 Å². The van der Waals surface area contributed by atoms with Gasteiger partial charge in [0.15, 0.2) is 0 Å². The highest BCUT2D eigenvalue weighted by atomic mass is 35.5. The fraction of sp³-hybridized carbons (Fsp3) is 0.500. The molecule has 1 aliphatic carbocycles. The summed E-state index contributed by atoms with van der Waals surface area (Å²) in [6.45, 7) is 0. The van der Waals surface area contributed by atoms with Gasteiger partial charge >= 0.3 is 0 Å². The molecule has 1 fully saturated rings. The molecule has 0 aliphatic heterocycles. The Morgan fingerprint density at radius 2 is 1.93 bits per heavy atom. The van der Waals surface area contributed by atoms with Crippen LogP contribution in [-0.4, -0.2) is 22.4 Å². The zero-order valence-corrected chi connectivity index (χ0v) is 9.19. The summed E-state index contributed by atoms with van der Waals surface area (Å²) in [5.74, 6) is 0.294. The molecule has 2 N–H and O–H groups in total. The van der Waals surface area contributed by atoms with Gasteiger partial charge in [-0.25, -0.2) is 0 Å². The SMILES string of the molecule is OC(Cc1ccccc1Cl)C(O)C1CC1. The molecule has 1 saturated carbocycles. The van der Waals surface area contributed by atoms with Gasteiger partial charge in [-0.1, -0.05) is 29.8 Å². The first-order valence-corrected chi connectivity index (χ1v) is 5.66. The van der Waals surface area contributed by atoms with Crippen LogP contribution in [-0.2, 0) is 6.42 Å². The molecule has 1 aromatic carbocycles. The molecule has 0 aromatic heterocycles. The third-order valence-electron chi connectivity index (χ3n) is 2.89. The van der Waals surface area contributed by atoms with E-state index in [0.717, 1.165) is 18.4 Å². The first-order valence-electron chi connectivity index (χ1n) is 5.28. The second-order valence-corrected chi connectivity index (χ2v) is 4.60. The molecule has 0 heterocycles. The molecule has 1 aliphatic rings. The molecule has 0 radical (unpaired) electrons. The first kappa shape index (κ1) is 10.9. The van der Waals surface area contributed by atoms with Crippen LogP contribution >= 0.6 is 11.6 Å². The van der Waals surface area contributed by atoms with Gasteiger partial charge in [0.25, 0.3) is 0 Å². The summed E-state index contributed by atoms with van der Waals surface area (Å²) in [6, 6.07) is 7.42. The third-order valence-corrected chi connectivity index (χ3v) is 3.25. The van der Waals surface area contributed by atoms with Gasteiger partial charge in [0, 0.05) is 11.4 Å². The molecular weight excluding hydrogens is 212 g/mol. The van der Waals surface area contributed by atoms with Gasteiger partial charge in [-0.2, -0.15) is 0 Å². The Bertz CT molecular complexity index is 336. The Balaban J connectivity index is 1.98. The second-order valence-electron chi connectivity index (χ2n) is 4.19. The summed E-state index contributed by atoms with van der Waals surface area (Å²) < 4.78 is 0. The average molecular weight is 227 g/mol. The molecule has 15 heavy (non-hydrogen) atoms. The zero-order valence-electron chi connectivity index (χ0n) is 8.44. The topological polar surface area (TPSA) is 40.5 Å². The lowest BCUT2D eigenvalue weighted by molar-refractivity contribution is 0.00674. The van der Waals surface area contributed by atoms with Crippen molar-refractivity contribution in [1.82, 2.24) is 0 Å². The summed E-state index contributed by atoms with van der Waals surface area (Å²) in [4.78, 5) is 0. The largest absolute Gasteiger partial charge is 0.390 e. The highest BCUT2D eigenvalue weighted by molar-refractivity contribution is 6.31. The van der Waals surface area contributed by atoms with Gasteiger partial charge in [-0.05, 0) is 30.4 Å². The smallest absolute Gasteiger partial charge is 0.0842 e. The van der Waals surface area contributed by atoms with Crippen LogP contribution < -0.4 is 0 Å². The highest BCUT2D eigenvalue weighted by Gasteiger charge is 2.34. The Labute approximate surface area is 94.5 Å². The van der Waals surface area contributed by atoms with E-state index >= 15 is 0 Å². The van der Waals surface area contributed by atoms with Crippen LogP contribution in [0.25, 0.3) is 0 Å². The van der Waals surface area contributed by atoms with Crippen molar-refractivity contribution in [1.29, 1.82) is 0 Å². The van der Waals surface area contributed by atoms with Crippen molar-refractivity contribution in [2.75, 3.05) is 0 Å². The average Bonchev–Trinajstić information content (AvgIpc) is 3.04. The fourth-order valence-corrected chi connectivity index (χ4v) is 1.97. The Morgan fingerprint density at radius 1 is 1.27 bits per heavy atom. The molecule has 2 unspecified atom stereocenters. The summed E-state index contributed by atoms with van der Waals surface area (Å²) >= 11 is 5.98. The monoisotopic (exact) mass is 226 g/mol. The maximum Gasteiger partial charge on any atom is 0.0842 e. The van der Waals surface area contributed by atoms with Crippen molar-refractivity contribution >= 4 is 11.6 Å². The number of hydrogen-bond acceptors (Lipinski definition) is 2. The predicted molar refractivity (Wildman–Crippen MR) is 59.9 cm³/mol. The van der Waals surface area contributed by atoms with E-state index in [0.29, 0.717) is 17.4 Å². The molecular formula is C12H15ClO2. The van der Waals surface area contributed by atoms with Crippen molar-refractivity contribution in [2.45, 2.75) is 31.5 Å². The molecule has 0 amide bonds. The van der Waals surface area contributed by atoms with E-state index in [-0.39, 0.29) is 0 Å². The number of aliphatic hydroxyl groups excluding tert-OH is 2. The van der Waals surface area contributed by atoms with E-state index in [1.807, 2.05) is 18.2 Å². The van der Waals surface area contributed by atoms with E-state index in [4.69, 9.17) is 11.6 Å². The Hall–Kier alpha value is -0.570. The quantitative estimate of drug-likeness (QED) is 0.825. The minimum Gasteiger partial charge on any atom is -0.390 e. The molecule has 2 rings (SSSR count). The lowest BCUT2D eigenvalue weighted by Crippen LogP contribution is -2.29. The molecule has 82 valence electrons. The Morgan fingerprint density at radius 3 is 2.53 bits per heavy atom. The Kier molecular flexibility index (Phi) is 3.29. The van der Waals surface area contributed by atoms with Crippen molar-refractivity contribution in [2.24, 2.45) is 5.92 Å². The van der Waals surface area contributed by atoms with E-state index in [9.17, 15) is 10.2 Å². The maximum absolute atomic E-state index is 9.80. The van der Waals surface area contributed by atoms with Crippen LogP contribution in [0.1, 0.15) is 18.4 Å². The standard InChI is InChI=1S/C12H15ClO2/c13-10-4-2-1-3-9(10)7-11(14)12(15)8-5-6-8/h1-4,8,11-12,14-15H,5-7H2. The van der Waals surface area contributed by atoms with Crippen molar-refractivity contribution in [3.63, 3.8) is 0 Å². The normalized spacial score (nSPS) is 19.9. The number of rotatable bonds is 4. The molecule has 0 spiro atoms. The van der Waals surface area contributed by atoms with Gasteiger partial charge in [0.1, 0.15) is 0 Å². The molecule has 0 saturated heterocycles. The number of aliphatic hydroxyl groups is 2. The van der Waals surface area contributed by atoms with Gasteiger partial charge in [0.2, 0.25) is 0 Å². The van der Waals surface area contributed by atoms with Gasteiger partial charge in [-0.3, -0.25) is 0 Å². The van der Waals surface area contributed by atoms with Crippen LogP contribution in [0, 0.1) is 5.92 Å².